The lowest BCUT2D eigenvalue weighted by Gasteiger charge is -2.05. The maximum absolute atomic E-state index is 13.0. The zero-order chi connectivity index (χ0) is 16.5. The first-order valence-corrected chi connectivity index (χ1v) is 8.00. The van der Waals surface area contributed by atoms with Crippen LogP contribution in [0.5, 0.6) is 11.5 Å². The summed E-state index contributed by atoms with van der Waals surface area (Å²) in [5.41, 5.74) is 1.85. The van der Waals surface area contributed by atoms with Gasteiger partial charge in [0.05, 0.1) is 11.3 Å². The molecule has 1 aliphatic rings. The first-order valence-electron chi connectivity index (χ1n) is 7.12. The molecule has 0 radical (unpaired) electrons. The molecule has 3 aromatic rings. The van der Waals surface area contributed by atoms with Crippen LogP contribution in [-0.4, -0.2) is 17.7 Å². The van der Waals surface area contributed by atoms with Crippen LogP contribution < -0.4 is 14.8 Å². The third-order valence-corrected chi connectivity index (χ3v) is 4.26. The largest absolute Gasteiger partial charge is 0.454 e. The lowest BCUT2D eigenvalue weighted by atomic mass is 10.2. The highest BCUT2D eigenvalue weighted by molar-refractivity contribution is 7.14. The van der Waals surface area contributed by atoms with Crippen molar-refractivity contribution in [2.45, 2.75) is 0 Å². The number of fused-ring (bicyclic) bond motifs is 1. The van der Waals surface area contributed by atoms with Crippen LogP contribution in [0, 0.1) is 5.82 Å². The number of aromatic nitrogens is 1. The minimum Gasteiger partial charge on any atom is -0.454 e. The van der Waals surface area contributed by atoms with Gasteiger partial charge in [0, 0.05) is 10.9 Å². The highest BCUT2D eigenvalue weighted by Gasteiger charge is 2.22. The minimum atomic E-state index is -0.322. The topological polar surface area (TPSA) is 60.5 Å². The van der Waals surface area contributed by atoms with Crippen molar-refractivity contribution in [2.24, 2.45) is 0 Å². The Bertz CT molecular complexity index is 908. The van der Waals surface area contributed by atoms with E-state index in [-0.39, 0.29) is 18.5 Å². The van der Waals surface area contributed by atoms with E-state index in [9.17, 15) is 9.18 Å². The summed E-state index contributed by atoms with van der Waals surface area (Å²) >= 11 is 1.30. The Morgan fingerprint density at radius 2 is 2.00 bits per heavy atom. The predicted octanol–water partition coefficient (Wildman–Crippen LogP) is 3.93. The number of anilines is 1. The normalized spacial score (nSPS) is 12.2. The average molecular weight is 342 g/mol. The van der Waals surface area contributed by atoms with Gasteiger partial charge in [-0.2, -0.15) is 0 Å². The fourth-order valence-electron chi connectivity index (χ4n) is 2.36. The zero-order valence-corrected chi connectivity index (χ0v) is 13.1. The summed E-state index contributed by atoms with van der Waals surface area (Å²) in [5.74, 6) is 0.360. The lowest BCUT2D eigenvalue weighted by molar-refractivity contribution is 0.102. The van der Waals surface area contributed by atoms with Crippen molar-refractivity contribution in [3.63, 3.8) is 0 Å². The molecule has 2 heterocycles. The van der Waals surface area contributed by atoms with Crippen molar-refractivity contribution in [3.05, 3.63) is 59.2 Å². The molecular formula is C17H11FN2O3S. The molecule has 24 heavy (non-hydrogen) atoms. The molecule has 0 bridgehead atoms. The first kappa shape index (κ1) is 14.6. The Labute approximate surface area is 140 Å². The number of halogens is 1. The molecule has 7 heteroatoms. The van der Waals surface area contributed by atoms with Gasteiger partial charge in [0.2, 0.25) is 6.79 Å². The van der Waals surface area contributed by atoms with Gasteiger partial charge in [0.15, 0.2) is 16.6 Å². The summed E-state index contributed by atoms with van der Waals surface area (Å²) in [5, 5.41) is 5.01. The maximum Gasteiger partial charge on any atom is 0.261 e. The van der Waals surface area contributed by atoms with Crippen LogP contribution >= 0.6 is 11.3 Å². The van der Waals surface area contributed by atoms with E-state index in [0.717, 1.165) is 5.56 Å². The van der Waals surface area contributed by atoms with E-state index in [2.05, 4.69) is 10.3 Å². The molecule has 120 valence electrons. The fraction of sp³-hybridized carbons (Fsp3) is 0.0588. The Morgan fingerprint density at radius 1 is 1.17 bits per heavy atom. The van der Waals surface area contributed by atoms with E-state index in [0.29, 0.717) is 27.9 Å². The summed E-state index contributed by atoms with van der Waals surface area (Å²) < 4.78 is 23.6. The van der Waals surface area contributed by atoms with Gasteiger partial charge in [-0.05, 0) is 36.4 Å². The highest BCUT2D eigenvalue weighted by Crippen LogP contribution is 2.36. The monoisotopic (exact) mass is 342 g/mol. The Kier molecular flexibility index (Phi) is 3.62. The highest BCUT2D eigenvalue weighted by atomic mass is 32.1. The van der Waals surface area contributed by atoms with E-state index in [1.807, 2.05) is 0 Å². The molecule has 0 aliphatic carbocycles. The predicted molar refractivity (Wildman–Crippen MR) is 88.0 cm³/mol. The second-order valence-corrected chi connectivity index (χ2v) is 5.90. The standard InChI is InChI=1S/C17H11FN2O3S/c18-11-6-4-10(5-7-11)13-8-24-17(19-13)20-16(21)12-2-1-3-14-15(12)23-9-22-14/h1-8H,9H2,(H,19,20,21). The molecule has 0 spiro atoms. The maximum atomic E-state index is 13.0. The summed E-state index contributed by atoms with van der Waals surface area (Å²) in [7, 11) is 0. The van der Waals surface area contributed by atoms with E-state index in [4.69, 9.17) is 9.47 Å². The Hall–Kier alpha value is -2.93. The number of ether oxygens (including phenoxy) is 2. The van der Waals surface area contributed by atoms with Crippen molar-refractivity contribution < 1.29 is 18.7 Å². The van der Waals surface area contributed by atoms with Gasteiger partial charge in [-0.15, -0.1) is 11.3 Å². The Balaban J connectivity index is 1.55. The number of hydrogen-bond acceptors (Lipinski definition) is 5. The van der Waals surface area contributed by atoms with Crippen molar-refractivity contribution in [1.82, 2.24) is 4.98 Å². The molecule has 1 aromatic heterocycles. The number of nitrogens with zero attached hydrogens (tertiary/aromatic N) is 1. The van der Waals surface area contributed by atoms with Crippen LogP contribution in [-0.2, 0) is 0 Å². The van der Waals surface area contributed by atoms with Crippen LogP contribution in [0.25, 0.3) is 11.3 Å². The van der Waals surface area contributed by atoms with E-state index >= 15 is 0 Å². The van der Waals surface area contributed by atoms with Crippen LogP contribution in [0.1, 0.15) is 10.4 Å². The van der Waals surface area contributed by atoms with Crippen molar-refractivity contribution in [2.75, 3.05) is 12.1 Å². The van der Waals surface area contributed by atoms with Crippen LogP contribution in [0.2, 0.25) is 0 Å². The van der Waals surface area contributed by atoms with Crippen molar-refractivity contribution >= 4 is 22.4 Å². The van der Waals surface area contributed by atoms with Gasteiger partial charge in [-0.3, -0.25) is 10.1 Å². The third-order valence-electron chi connectivity index (χ3n) is 3.51. The number of rotatable bonds is 3. The van der Waals surface area contributed by atoms with Gasteiger partial charge >= 0.3 is 0 Å². The van der Waals surface area contributed by atoms with Gasteiger partial charge in [0.1, 0.15) is 5.82 Å². The molecule has 0 atom stereocenters. The number of carbonyl (C=O) groups is 1. The van der Waals surface area contributed by atoms with Gasteiger partial charge < -0.3 is 9.47 Å². The summed E-state index contributed by atoms with van der Waals surface area (Å²) in [6.07, 6.45) is 0. The van der Waals surface area contributed by atoms with Gasteiger partial charge in [0.25, 0.3) is 5.91 Å². The smallest absolute Gasteiger partial charge is 0.261 e. The van der Waals surface area contributed by atoms with E-state index < -0.39 is 0 Å². The molecule has 2 aromatic carbocycles. The molecule has 1 N–H and O–H groups in total. The first-order chi connectivity index (χ1) is 11.7. The number of amides is 1. The lowest BCUT2D eigenvalue weighted by Crippen LogP contribution is -2.12. The fourth-order valence-corrected chi connectivity index (χ4v) is 3.07. The quantitative estimate of drug-likeness (QED) is 0.783. The minimum absolute atomic E-state index is 0.103. The van der Waals surface area contributed by atoms with Crippen molar-refractivity contribution in [3.8, 4) is 22.8 Å². The van der Waals surface area contributed by atoms with Crippen LogP contribution in [0.4, 0.5) is 9.52 Å². The van der Waals surface area contributed by atoms with Gasteiger partial charge in [-0.25, -0.2) is 9.37 Å². The summed E-state index contributed by atoms with van der Waals surface area (Å²) in [6.45, 7) is 0.103. The molecule has 5 nitrogen and oxygen atoms in total. The third kappa shape index (κ3) is 2.69. The zero-order valence-electron chi connectivity index (χ0n) is 12.3. The summed E-state index contributed by atoms with van der Waals surface area (Å²) in [4.78, 5) is 16.8. The second-order valence-electron chi connectivity index (χ2n) is 5.04. The molecule has 1 aliphatic heterocycles. The number of hydrogen-bond donors (Lipinski definition) is 1. The van der Waals surface area contributed by atoms with Crippen LogP contribution in [0.15, 0.2) is 47.8 Å². The number of benzene rings is 2. The SMILES string of the molecule is O=C(Nc1nc(-c2ccc(F)cc2)cs1)c1cccc2c1OCO2. The molecule has 4 rings (SSSR count). The Morgan fingerprint density at radius 3 is 2.83 bits per heavy atom. The van der Waals surface area contributed by atoms with Gasteiger partial charge in [-0.1, -0.05) is 6.07 Å². The van der Waals surface area contributed by atoms with E-state index in [1.54, 1.807) is 35.7 Å². The number of thiazole rings is 1. The average Bonchev–Trinajstić information content (AvgIpc) is 3.24. The number of nitrogens with one attached hydrogen (secondary N) is 1. The van der Waals surface area contributed by atoms with Crippen molar-refractivity contribution in [1.29, 1.82) is 0 Å². The molecule has 0 saturated carbocycles. The molecule has 1 amide bonds. The van der Waals surface area contributed by atoms with Crippen LogP contribution in [0.3, 0.4) is 0 Å². The molecule has 0 fully saturated rings. The summed E-state index contributed by atoms with van der Waals surface area (Å²) in [6, 6.07) is 11.2. The molecule has 0 saturated heterocycles. The van der Waals surface area contributed by atoms with E-state index in [1.165, 1.54) is 23.5 Å². The number of para-hydroxylation sites is 1. The number of carbonyl (C=O) groups excluding carboxylic acids is 1. The molecule has 0 unspecified atom stereocenters. The second kappa shape index (κ2) is 5.93. The molecular weight excluding hydrogens is 331 g/mol.